The van der Waals surface area contributed by atoms with Crippen LogP contribution in [0.3, 0.4) is 0 Å². The van der Waals surface area contributed by atoms with Crippen LogP contribution in [0.2, 0.25) is 0 Å². The number of benzene rings is 1. The van der Waals surface area contributed by atoms with E-state index < -0.39 is 0 Å². The van der Waals surface area contributed by atoms with Gasteiger partial charge < -0.3 is 4.98 Å². The van der Waals surface area contributed by atoms with Crippen LogP contribution in [0.5, 0.6) is 0 Å². The summed E-state index contributed by atoms with van der Waals surface area (Å²) in [6.45, 7) is 0. The van der Waals surface area contributed by atoms with Gasteiger partial charge in [0, 0.05) is 32.5 Å². The Morgan fingerprint density at radius 2 is 1.47 bits per heavy atom. The van der Waals surface area contributed by atoms with Gasteiger partial charge in [0.15, 0.2) is 0 Å². The van der Waals surface area contributed by atoms with Crippen molar-refractivity contribution in [2.24, 2.45) is 0 Å². The first kappa shape index (κ1) is 13.6. The van der Waals surface area contributed by atoms with Gasteiger partial charge in [-0.05, 0) is 23.9 Å². The summed E-state index contributed by atoms with van der Waals surface area (Å²) >= 11 is 0. The summed E-state index contributed by atoms with van der Waals surface area (Å²) in [4.78, 5) is 8.68. The van der Waals surface area contributed by atoms with Crippen LogP contribution in [0, 0.1) is 6.07 Å². The van der Waals surface area contributed by atoms with Crippen molar-refractivity contribution in [3.63, 3.8) is 0 Å². The fourth-order valence-electron chi connectivity index (χ4n) is 1.83. The van der Waals surface area contributed by atoms with Gasteiger partial charge in [-0.2, -0.15) is 0 Å². The minimum absolute atomic E-state index is 0. The molecule has 0 aliphatic rings. The summed E-state index contributed by atoms with van der Waals surface area (Å²) < 4.78 is 0. The molecule has 1 radical (unpaired) electrons. The zero-order valence-corrected chi connectivity index (χ0v) is 12.5. The van der Waals surface area contributed by atoms with Gasteiger partial charge in [-0.1, -0.05) is 23.8 Å². The van der Waals surface area contributed by atoms with E-state index in [1.165, 1.54) is 0 Å². The third kappa shape index (κ3) is 3.14. The summed E-state index contributed by atoms with van der Waals surface area (Å²) in [5.41, 5.74) is 3.95. The smallest absolute Gasteiger partial charge is 0.0518 e. The maximum Gasteiger partial charge on any atom is 0.0518 e. The Morgan fingerprint density at radius 3 is 2.11 bits per heavy atom. The van der Waals surface area contributed by atoms with E-state index in [4.69, 9.17) is 0 Å². The van der Waals surface area contributed by atoms with Crippen molar-refractivity contribution in [3.05, 3.63) is 73.1 Å². The Morgan fingerprint density at radius 1 is 0.789 bits per heavy atom. The average Bonchev–Trinajstić information content (AvgIpc) is 2.49. The summed E-state index contributed by atoms with van der Waals surface area (Å²) in [6, 6.07) is 20.9. The average molecular weight is 423 g/mol. The van der Waals surface area contributed by atoms with Crippen molar-refractivity contribution in [1.29, 1.82) is 0 Å². The van der Waals surface area contributed by atoms with E-state index in [2.05, 4.69) is 22.1 Å². The summed E-state index contributed by atoms with van der Waals surface area (Å²) in [7, 11) is 0. The Hall–Kier alpha value is -1.83. The standard InChI is InChI=1S/C16H11N2.Ir/c1-3-10-17-15(8-1)13-6-5-7-14(12-13)16-9-2-4-11-18-16;/h1-6,8-12H;/q-1;. The van der Waals surface area contributed by atoms with Gasteiger partial charge in [-0.25, -0.2) is 0 Å². The zero-order chi connectivity index (χ0) is 12.2. The molecule has 2 aromatic heterocycles. The van der Waals surface area contributed by atoms with E-state index in [1.54, 1.807) is 12.4 Å². The summed E-state index contributed by atoms with van der Waals surface area (Å²) in [5, 5.41) is 0. The molecule has 2 heterocycles. The molecule has 3 aromatic rings. The molecule has 0 atom stereocenters. The molecule has 0 aliphatic carbocycles. The van der Waals surface area contributed by atoms with Crippen molar-refractivity contribution >= 4 is 0 Å². The van der Waals surface area contributed by atoms with E-state index in [0.717, 1.165) is 22.5 Å². The molecule has 0 unspecified atom stereocenters. The molecule has 19 heavy (non-hydrogen) atoms. The second-order valence-electron chi connectivity index (χ2n) is 3.92. The fraction of sp³-hybridized carbons (Fsp3) is 0. The molecule has 0 bridgehead atoms. The monoisotopic (exact) mass is 424 g/mol. The number of rotatable bonds is 2. The third-order valence-electron chi connectivity index (χ3n) is 2.70. The predicted octanol–water partition coefficient (Wildman–Crippen LogP) is 3.61. The number of pyridine rings is 2. The van der Waals surface area contributed by atoms with Crippen LogP contribution in [0.25, 0.3) is 22.5 Å². The topological polar surface area (TPSA) is 25.8 Å². The first-order valence-corrected chi connectivity index (χ1v) is 5.78. The Bertz CT molecular complexity index is 584. The largest absolute Gasteiger partial charge is 0.305 e. The molecule has 0 spiro atoms. The number of nitrogens with zero attached hydrogens (tertiary/aromatic N) is 2. The Labute approximate surface area is 125 Å². The van der Waals surface area contributed by atoms with Gasteiger partial charge >= 0.3 is 0 Å². The molecule has 0 aliphatic heterocycles. The van der Waals surface area contributed by atoms with Crippen molar-refractivity contribution < 1.29 is 20.1 Å². The van der Waals surface area contributed by atoms with E-state index in [9.17, 15) is 0 Å². The molecule has 1 aromatic carbocycles. The van der Waals surface area contributed by atoms with Gasteiger partial charge in [0.25, 0.3) is 0 Å². The predicted molar refractivity (Wildman–Crippen MR) is 71.7 cm³/mol. The molecule has 0 N–H and O–H groups in total. The SMILES string of the molecule is [Ir].[c-]1ccc(-c2ccccn2)cc1-c1ccccn1. The van der Waals surface area contributed by atoms with Crippen molar-refractivity contribution in [1.82, 2.24) is 9.97 Å². The van der Waals surface area contributed by atoms with Crippen molar-refractivity contribution in [2.75, 3.05) is 0 Å². The molecule has 0 fully saturated rings. The van der Waals surface area contributed by atoms with Crippen LogP contribution in [0.15, 0.2) is 67.0 Å². The van der Waals surface area contributed by atoms with E-state index in [-0.39, 0.29) is 20.1 Å². The molecule has 0 amide bonds. The van der Waals surface area contributed by atoms with Crippen LogP contribution in [-0.4, -0.2) is 9.97 Å². The number of hydrogen-bond acceptors (Lipinski definition) is 2. The van der Waals surface area contributed by atoms with Crippen LogP contribution >= 0.6 is 0 Å². The minimum atomic E-state index is 0. The first-order chi connectivity index (χ1) is 8.93. The molecule has 3 rings (SSSR count). The van der Waals surface area contributed by atoms with E-state index in [0.29, 0.717) is 0 Å². The van der Waals surface area contributed by atoms with Crippen LogP contribution in [-0.2, 0) is 20.1 Å². The minimum Gasteiger partial charge on any atom is -0.305 e. The van der Waals surface area contributed by atoms with Crippen molar-refractivity contribution in [2.45, 2.75) is 0 Å². The van der Waals surface area contributed by atoms with E-state index in [1.807, 2.05) is 48.5 Å². The molecule has 3 heteroatoms. The first-order valence-electron chi connectivity index (χ1n) is 5.78. The van der Waals surface area contributed by atoms with Crippen LogP contribution in [0.1, 0.15) is 0 Å². The van der Waals surface area contributed by atoms with Gasteiger partial charge in [-0.15, -0.1) is 29.8 Å². The van der Waals surface area contributed by atoms with E-state index >= 15 is 0 Å². The van der Waals surface area contributed by atoms with Crippen molar-refractivity contribution in [3.8, 4) is 22.5 Å². The second-order valence-corrected chi connectivity index (χ2v) is 3.92. The van der Waals surface area contributed by atoms with Crippen LogP contribution in [0.4, 0.5) is 0 Å². The molecule has 95 valence electrons. The van der Waals surface area contributed by atoms with Gasteiger partial charge in [0.05, 0.1) is 5.69 Å². The maximum atomic E-state index is 4.35. The molecule has 0 saturated heterocycles. The Balaban J connectivity index is 0.00000133. The molecule has 2 nitrogen and oxygen atoms in total. The summed E-state index contributed by atoms with van der Waals surface area (Å²) in [5.74, 6) is 0. The fourth-order valence-corrected chi connectivity index (χ4v) is 1.83. The third-order valence-corrected chi connectivity index (χ3v) is 2.70. The molecular weight excluding hydrogens is 412 g/mol. The van der Waals surface area contributed by atoms with Crippen LogP contribution < -0.4 is 0 Å². The summed E-state index contributed by atoms with van der Waals surface area (Å²) in [6.07, 6.45) is 3.59. The normalized spacial score (nSPS) is 9.68. The zero-order valence-electron chi connectivity index (χ0n) is 10.1. The quantitative estimate of drug-likeness (QED) is 0.589. The molecule has 0 saturated carbocycles. The van der Waals surface area contributed by atoms with Gasteiger partial charge in [0.2, 0.25) is 0 Å². The van der Waals surface area contributed by atoms with Gasteiger partial charge in [0.1, 0.15) is 0 Å². The second kappa shape index (κ2) is 6.37. The Kier molecular flexibility index (Phi) is 4.56. The number of aromatic nitrogens is 2. The maximum absolute atomic E-state index is 4.35. The number of hydrogen-bond donors (Lipinski definition) is 0. The van der Waals surface area contributed by atoms with Gasteiger partial charge in [-0.3, -0.25) is 4.98 Å². The molecular formula is C16H11IrN2-.